The van der Waals surface area contributed by atoms with Crippen LogP contribution in [0.1, 0.15) is 16.7 Å². The van der Waals surface area contributed by atoms with Crippen LogP contribution in [0, 0.1) is 20.8 Å². The molecule has 0 N–H and O–H groups in total. The van der Waals surface area contributed by atoms with Crippen LogP contribution in [0.15, 0.2) is 52.3 Å². The second-order valence-electron chi connectivity index (χ2n) is 5.01. The summed E-state index contributed by atoms with van der Waals surface area (Å²) < 4.78 is 57.1. The summed E-state index contributed by atoms with van der Waals surface area (Å²) in [7, 11) is -8.73. The topological polar surface area (TPSA) is 86.7 Å². The van der Waals surface area contributed by atoms with Gasteiger partial charge in [-0.25, -0.2) is 0 Å². The zero-order valence-electron chi connectivity index (χ0n) is 12.8. The number of hydrogen-bond donors (Lipinski definition) is 0. The molecule has 2 rings (SSSR count). The smallest absolute Gasteiger partial charge is 0.192 e. The standard InChI is InChI=1S/C15H16O6S2/c1-11-8-6-10-15(13(11)3)23(18,19)21-20-22(16,17)14-9-5-4-7-12(14)2/h4-10H,1-3H3. The van der Waals surface area contributed by atoms with Gasteiger partial charge in [-0.15, -0.1) is 0 Å². The molecule has 0 atom stereocenters. The summed E-state index contributed by atoms with van der Waals surface area (Å²) in [6.45, 7) is 4.90. The van der Waals surface area contributed by atoms with E-state index >= 15 is 0 Å². The Morgan fingerprint density at radius 1 is 0.652 bits per heavy atom. The first kappa shape index (κ1) is 17.6. The summed E-state index contributed by atoms with van der Waals surface area (Å²) in [6, 6.07) is 10.6. The molecule has 0 aliphatic carbocycles. The maximum atomic E-state index is 12.2. The lowest BCUT2D eigenvalue weighted by Crippen LogP contribution is -2.14. The van der Waals surface area contributed by atoms with E-state index in [2.05, 4.69) is 8.67 Å². The predicted octanol–water partition coefficient (Wildman–Crippen LogP) is 2.64. The van der Waals surface area contributed by atoms with Gasteiger partial charge in [-0.05, 0) is 49.6 Å². The average molecular weight is 356 g/mol. The van der Waals surface area contributed by atoms with Crippen molar-refractivity contribution >= 4 is 20.2 Å². The Morgan fingerprint density at radius 2 is 1.13 bits per heavy atom. The molecule has 8 heteroatoms. The number of rotatable bonds is 5. The maximum absolute atomic E-state index is 12.2. The Balaban J connectivity index is 2.29. The molecule has 0 saturated carbocycles. The zero-order valence-corrected chi connectivity index (χ0v) is 14.4. The van der Waals surface area contributed by atoms with E-state index in [9.17, 15) is 16.8 Å². The highest BCUT2D eigenvalue weighted by Crippen LogP contribution is 2.23. The predicted molar refractivity (Wildman–Crippen MR) is 83.6 cm³/mol. The van der Waals surface area contributed by atoms with Crippen molar-refractivity contribution in [1.29, 1.82) is 0 Å². The van der Waals surface area contributed by atoms with Crippen molar-refractivity contribution in [2.24, 2.45) is 0 Å². The normalized spacial score (nSPS) is 12.3. The Bertz CT molecular complexity index is 930. The van der Waals surface area contributed by atoms with Crippen LogP contribution in [0.25, 0.3) is 0 Å². The molecule has 0 aliphatic heterocycles. The molecule has 23 heavy (non-hydrogen) atoms. The van der Waals surface area contributed by atoms with Gasteiger partial charge in [-0.1, -0.05) is 39.0 Å². The quantitative estimate of drug-likeness (QED) is 0.605. The largest absolute Gasteiger partial charge is 0.324 e. The highest BCUT2D eigenvalue weighted by molar-refractivity contribution is 7.89. The van der Waals surface area contributed by atoms with E-state index in [1.54, 1.807) is 39.0 Å². The lowest BCUT2D eigenvalue weighted by molar-refractivity contribution is -0.0852. The zero-order chi connectivity index (χ0) is 17.3. The van der Waals surface area contributed by atoms with E-state index in [4.69, 9.17) is 0 Å². The first-order chi connectivity index (χ1) is 10.6. The molecule has 0 aromatic heterocycles. The van der Waals surface area contributed by atoms with Gasteiger partial charge in [0.2, 0.25) is 0 Å². The lowest BCUT2D eigenvalue weighted by atomic mass is 10.1. The van der Waals surface area contributed by atoms with Crippen LogP contribution in [-0.2, 0) is 28.9 Å². The van der Waals surface area contributed by atoms with Crippen molar-refractivity contribution in [3.05, 3.63) is 59.2 Å². The third kappa shape index (κ3) is 3.78. The van der Waals surface area contributed by atoms with Crippen LogP contribution in [0.4, 0.5) is 0 Å². The van der Waals surface area contributed by atoms with Crippen molar-refractivity contribution in [2.75, 3.05) is 0 Å². The van der Waals surface area contributed by atoms with Gasteiger partial charge in [-0.2, -0.15) is 16.8 Å². The number of benzene rings is 2. The Labute approximate surface area is 135 Å². The van der Waals surface area contributed by atoms with Crippen molar-refractivity contribution in [2.45, 2.75) is 30.6 Å². The minimum absolute atomic E-state index is 0.141. The molecule has 124 valence electrons. The van der Waals surface area contributed by atoms with E-state index in [1.165, 1.54) is 24.3 Å². The molecule has 2 aromatic rings. The number of aryl methyl sites for hydroxylation is 2. The highest BCUT2D eigenvalue weighted by Gasteiger charge is 2.26. The van der Waals surface area contributed by atoms with Gasteiger partial charge >= 0.3 is 20.2 Å². The van der Waals surface area contributed by atoms with Gasteiger partial charge < -0.3 is 0 Å². The minimum atomic E-state index is -4.37. The molecule has 0 bridgehead atoms. The van der Waals surface area contributed by atoms with E-state index < -0.39 is 20.2 Å². The second kappa shape index (κ2) is 6.40. The highest BCUT2D eigenvalue weighted by atomic mass is 32.2. The van der Waals surface area contributed by atoms with E-state index in [0.29, 0.717) is 11.1 Å². The molecule has 0 fully saturated rings. The Morgan fingerprint density at radius 3 is 1.74 bits per heavy atom. The fourth-order valence-corrected chi connectivity index (χ4v) is 4.20. The molecule has 0 radical (unpaired) electrons. The maximum Gasteiger partial charge on any atom is 0.324 e. The molecule has 2 aromatic carbocycles. The first-order valence-electron chi connectivity index (χ1n) is 6.65. The SMILES string of the molecule is Cc1ccccc1S(=O)(=O)OOS(=O)(=O)c1cccc(C)c1C. The van der Waals surface area contributed by atoms with E-state index in [1.807, 2.05) is 0 Å². The van der Waals surface area contributed by atoms with E-state index in [0.717, 1.165) is 5.56 Å². The second-order valence-corrected chi connectivity index (χ2v) is 7.98. The molecule has 0 saturated heterocycles. The van der Waals surface area contributed by atoms with Crippen LogP contribution in [0.3, 0.4) is 0 Å². The van der Waals surface area contributed by atoms with Crippen molar-refractivity contribution < 1.29 is 25.5 Å². The molecule has 0 aliphatic rings. The van der Waals surface area contributed by atoms with E-state index in [-0.39, 0.29) is 9.79 Å². The molecule has 0 unspecified atom stereocenters. The van der Waals surface area contributed by atoms with Crippen LogP contribution < -0.4 is 0 Å². The third-order valence-electron chi connectivity index (χ3n) is 3.39. The fourth-order valence-electron chi connectivity index (χ4n) is 1.98. The summed E-state index contributed by atoms with van der Waals surface area (Å²) in [5.74, 6) is 0. The van der Waals surface area contributed by atoms with Gasteiger partial charge in [-0.3, -0.25) is 0 Å². The summed E-state index contributed by atoms with van der Waals surface area (Å²) >= 11 is 0. The van der Waals surface area contributed by atoms with Crippen LogP contribution in [0.5, 0.6) is 0 Å². The first-order valence-corrected chi connectivity index (χ1v) is 9.46. The number of hydrogen-bond acceptors (Lipinski definition) is 6. The van der Waals surface area contributed by atoms with Crippen molar-refractivity contribution in [1.82, 2.24) is 0 Å². The van der Waals surface area contributed by atoms with Gasteiger partial charge in [0.1, 0.15) is 0 Å². The van der Waals surface area contributed by atoms with Gasteiger partial charge in [0.25, 0.3) is 0 Å². The monoisotopic (exact) mass is 356 g/mol. The van der Waals surface area contributed by atoms with Crippen molar-refractivity contribution in [3.8, 4) is 0 Å². The molecule has 0 spiro atoms. The molecule has 0 amide bonds. The van der Waals surface area contributed by atoms with Gasteiger partial charge in [0.05, 0.1) is 9.79 Å². The van der Waals surface area contributed by atoms with Crippen molar-refractivity contribution in [3.63, 3.8) is 0 Å². The van der Waals surface area contributed by atoms with Crippen LogP contribution >= 0.6 is 0 Å². The summed E-state index contributed by atoms with van der Waals surface area (Å²) in [6.07, 6.45) is 0. The average Bonchev–Trinajstić information content (AvgIpc) is 2.48. The Hall–Kier alpha value is -1.74. The molecule has 6 nitrogen and oxygen atoms in total. The molecular weight excluding hydrogens is 340 g/mol. The minimum Gasteiger partial charge on any atom is -0.192 e. The summed E-state index contributed by atoms with van der Waals surface area (Å²) in [5, 5.41) is 0. The van der Waals surface area contributed by atoms with Crippen LogP contribution in [0.2, 0.25) is 0 Å². The van der Waals surface area contributed by atoms with Crippen LogP contribution in [-0.4, -0.2) is 16.8 Å². The molecule has 0 heterocycles. The Kier molecular flexibility index (Phi) is 4.90. The third-order valence-corrected chi connectivity index (χ3v) is 5.95. The van der Waals surface area contributed by atoms with Gasteiger partial charge in [0.15, 0.2) is 0 Å². The molecular formula is C15H16O6S2. The summed E-state index contributed by atoms with van der Waals surface area (Å²) in [4.78, 5) is -0.298. The fraction of sp³-hybridized carbons (Fsp3) is 0.200. The summed E-state index contributed by atoms with van der Waals surface area (Å²) in [5.41, 5.74) is 1.61. The van der Waals surface area contributed by atoms with Gasteiger partial charge in [0, 0.05) is 0 Å². The lowest BCUT2D eigenvalue weighted by Gasteiger charge is -2.10.